The molecule has 6 heteroatoms. The van der Waals surface area contributed by atoms with Crippen molar-refractivity contribution in [3.63, 3.8) is 0 Å². The molecule has 0 aliphatic carbocycles. The Hall–Kier alpha value is -1.56. The van der Waals surface area contributed by atoms with Crippen molar-refractivity contribution in [2.45, 2.75) is 26.4 Å². The van der Waals surface area contributed by atoms with Crippen molar-refractivity contribution in [2.24, 2.45) is 5.92 Å². The second-order valence-electron chi connectivity index (χ2n) is 3.63. The Morgan fingerprint density at radius 1 is 1.47 bits per heavy atom. The van der Waals surface area contributed by atoms with Crippen LogP contribution in [-0.2, 0) is 6.42 Å². The van der Waals surface area contributed by atoms with Crippen LogP contribution >= 0.6 is 0 Å². The zero-order chi connectivity index (χ0) is 11.4. The Morgan fingerprint density at radius 3 is 2.40 bits per heavy atom. The molecule has 0 aromatic carbocycles. The van der Waals surface area contributed by atoms with Gasteiger partial charge in [0.25, 0.3) is 0 Å². The van der Waals surface area contributed by atoms with Crippen molar-refractivity contribution >= 4 is 5.69 Å². The van der Waals surface area contributed by atoms with E-state index in [1.54, 1.807) is 0 Å². The molecule has 1 aromatic rings. The van der Waals surface area contributed by atoms with Crippen molar-refractivity contribution in [3.05, 3.63) is 28.3 Å². The van der Waals surface area contributed by atoms with Crippen LogP contribution in [0.15, 0.2) is 12.4 Å². The molecule has 82 valence electrons. The molecule has 0 radical (unpaired) electrons. The SMILES string of the molecule is CC(C)C(O)Cc1ncc([N+](=O)[O-])cn1. The van der Waals surface area contributed by atoms with Gasteiger partial charge in [-0.25, -0.2) is 9.97 Å². The van der Waals surface area contributed by atoms with E-state index < -0.39 is 11.0 Å². The second kappa shape index (κ2) is 4.79. The summed E-state index contributed by atoms with van der Waals surface area (Å²) in [5.74, 6) is 0.533. The quantitative estimate of drug-likeness (QED) is 0.591. The predicted molar refractivity (Wildman–Crippen MR) is 53.2 cm³/mol. The largest absolute Gasteiger partial charge is 0.392 e. The van der Waals surface area contributed by atoms with Gasteiger partial charge in [0.15, 0.2) is 0 Å². The maximum absolute atomic E-state index is 10.3. The van der Waals surface area contributed by atoms with E-state index in [0.717, 1.165) is 12.4 Å². The Kier molecular flexibility index (Phi) is 3.68. The van der Waals surface area contributed by atoms with Crippen LogP contribution in [0.2, 0.25) is 0 Å². The minimum atomic E-state index is -0.553. The molecular formula is C9H13N3O3. The van der Waals surface area contributed by atoms with E-state index in [1.165, 1.54) is 0 Å². The third kappa shape index (κ3) is 3.25. The molecule has 1 N–H and O–H groups in total. The minimum absolute atomic E-state index is 0.115. The van der Waals surface area contributed by atoms with Crippen LogP contribution in [0, 0.1) is 16.0 Å². The molecule has 0 aliphatic rings. The number of rotatable bonds is 4. The molecule has 1 atom stereocenters. The first-order chi connectivity index (χ1) is 7.00. The fraction of sp³-hybridized carbons (Fsp3) is 0.556. The number of aliphatic hydroxyl groups is 1. The number of hydrogen-bond donors (Lipinski definition) is 1. The van der Waals surface area contributed by atoms with Gasteiger partial charge in [0.1, 0.15) is 18.2 Å². The highest BCUT2D eigenvalue weighted by Gasteiger charge is 2.13. The van der Waals surface area contributed by atoms with Crippen LogP contribution in [0.3, 0.4) is 0 Å². The number of nitrogens with zero attached hydrogens (tertiary/aromatic N) is 3. The van der Waals surface area contributed by atoms with Crippen molar-refractivity contribution < 1.29 is 10.0 Å². The molecule has 0 bridgehead atoms. The smallest absolute Gasteiger partial charge is 0.305 e. The maximum atomic E-state index is 10.3. The Morgan fingerprint density at radius 2 is 2.00 bits per heavy atom. The molecule has 15 heavy (non-hydrogen) atoms. The molecule has 1 heterocycles. The van der Waals surface area contributed by atoms with Gasteiger partial charge in [-0.2, -0.15) is 0 Å². The lowest BCUT2D eigenvalue weighted by atomic mass is 10.0. The summed E-state index contributed by atoms with van der Waals surface area (Å²) in [6.45, 7) is 3.77. The van der Waals surface area contributed by atoms with E-state index in [4.69, 9.17) is 0 Å². The third-order valence-electron chi connectivity index (χ3n) is 2.06. The van der Waals surface area contributed by atoms with Crippen molar-refractivity contribution in [1.29, 1.82) is 0 Å². The summed E-state index contributed by atoms with van der Waals surface area (Å²) in [7, 11) is 0. The van der Waals surface area contributed by atoms with Gasteiger partial charge in [0.05, 0.1) is 11.0 Å². The molecule has 0 spiro atoms. The topological polar surface area (TPSA) is 89.2 Å². The number of hydrogen-bond acceptors (Lipinski definition) is 5. The zero-order valence-corrected chi connectivity index (χ0v) is 8.62. The summed E-state index contributed by atoms with van der Waals surface area (Å²) < 4.78 is 0. The van der Waals surface area contributed by atoms with E-state index >= 15 is 0 Å². The normalized spacial score (nSPS) is 12.8. The maximum Gasteiger partial charge on any atom is 0.305 e. The van der Waals surface area contributed by atoms with Crippen LogP contribution in [-0.4, -0.2) is 26.1 Å². The standard InChI is InChI=1S/C9H13N3O3/c1-6(2)8(13)3-9-10-4-7(5-11-9)12(14)15/h4-6,8,13H,3H2,1-2H3. The van der Waals surface area contributed by atoms with E-state index in [2.05, 4.69) is 9.97 Å². The highest BCUT2D eigenvalue weighted by molar-refractivity contribution is 5.20. The lowest BCUT2D eigenvalue weighted by molar-refractivity contribution is -0.385. The first-order valence-electron chi connectivity index (χ1n) is 4.64. The summed E-state index contributed by atoms with van der Waals surface area (Å²) >= 11 is 0. The molecule has 0 fully saturated rings. The van der Waals surface area contributed by atoms with E-state index in [0.29, 0.717) is 12.2 Å². The molecule has 0 saturated heterocycles. The molecule has 0 amide bonds. The molecule has 1 rings (SSSR count). The van der Waals surface area contributed by atoms with Crippen LogP contribution in [0.1, 0.15) is 19.7 Å². The van der Waals surface area contributed by atoms with E-state index in [9.17, 15) is 15.2 Å². The van der Waals surface area contributed by atoms with Gasteiger partial charge in [0, 0.05) is 6.42 Å². The van der Waals surface area contributed by atoms with Crippen molar-refractivity contribution in [2.75, 3.05) is 0 Å². The molecule has 0 aliphatic heterocycles. The highest BCUT2D eigenvalue weighted by atomic mass is 16.6. The summed E-state index contributed by atoms with van der Waals surface area (Å²) in [6, 6.07) is 0. The molecule has 6 nitrogen and oxygen atoms in total. The van der Waals surface area contributed by atoms with Crippen LogP contribution in [0.25, 0.3) is 0 Å². The average molecular weight is 211 g/mol. The minimum Gasteiger partial charge on any atom is -0.392 e. The first-order valence-corrected chi connectivity index (χ1v) is 4.64. The van der Waals surface area contributed by atoms with Crippen molar-refractivity contribution in [3.8, 4) is 0 Å². The second-order valence-corrected chi connectivity index (χ2v) is 3.63. The average Bonchev–Trinajstić information content (AvgIpc) is 2.18. The van der Waals surface area contributed by atoms with Crippen LogP contribution < -0.4 is 0 Å². The van der Waals surface area contributed by atoms with Crippen LogP contribution in [0.5, 0.6) is 0 Å². The summed E-state index contributed by atoms with van der Waals surface area (Å²) in [5.41, 5.74) is -0.141. The highest BCUT2D eigenvalue weighted by Crippen LogP contribution is 2.09. The lowest BCUT2D eigenvalue weighted by Crippen LogP contribution is -2.19. The van der Waals surface area contributed by atoms with E-state index in [-0.39, 0.29) is 11.6 Å². The van der Waals surface area contributed by atoms with E-state index in [1.807, 2.05) is 13.8 Å². The Balaban J connectivity index is 2.68. The van der Waals surface area contributed by atoms with Crippen LogP contribution in [0.4, 0.5) is 5.69 Å². The number of aromatic nitrogens is 2. The first kappa shape index (κ1) is 11.5. The van der Waals surface area contributed by atoms with Gasteiger partial charge in [-0.05, 0) is 5.92 Å². The fourth-order valence-electron chi connectivity index (χ4n) is 0.970. The summed E-state index contributed by atoms with van der Waals surface area (Å²) in [4.78, 5) is 17.4. The fourth-order valence-corrected chi connectivity index (χ4v) is 0.970. The summed E-state index contributed by atoms with van der Waals surface area (Å²) in [5, 5.41) is 19.9. The molecular weight excluding hydrogens is 198 g/mol. The monoisotopic (exact) mass is 211 g/mol. The Labute approximate surface area is 87.1 Å². The van der Waals surface area contributed by atoms with Gasteiger partial charge >= 0.3 is 5.69 Å². The number of nitro groups is 1. The van der Waals surface area contributed by atoms with Gasteiger partial charge in [-0.3, -0.25) is 10.1 Å². The van der Waals surface area contributed by atoms with Gasteiger partial charge < -0.3 is 5.11 Å². The third-order valence-corrected chi connectivity index (χ3v) is 2.06. The summed E-state index contributed by atoms with van der Waals surface area (Å²) in [6.07, 6.45) is 2.09. The predicted octanol–water partition coefficient (Wildman–Crippen LogP) is 0.944. The van der Waals surface area contributed by atoms with Gasteiger partial charge in [-0.15, -0.1) is 0 Å². The molecule has 0 saturated carbocycles. The zero-order valence-electron chi connectivity index (χ0n) is 8.62. The van der Waals surface area contributed by atoms with Crippen molar-refractivity contribution in [1.82, 2.24) is 9.97 Å². The lowest BCUT2D eigenvalue weighted by Gasteiger charge is -2.12. The Bertz CT molecular complexity index is 337. The van der Waals surface area contributed by atoms with Gasteiger partial charge in [-0.1, -0.05) is 13.8 Å². The molecule has 1 unspecified atom stereocenters. The van der Waals surface area contributed by atoms with Gasteiger partial charge in [0.2, 0.25) is 0 Å². The number of aliphatic hydroxyl groups excluding tert-OH is 1. The molecule has 1 aromatic heterocycles.